The second-order valence-corrected chi connectivity index (χ2v) is 7.88. The predicted octanol–water partition coefficient (Wildman–Crippen LogP) is 1.63. The average Bonchev–Trinajstić information content (AvgIpc) is 2.71. The Bertz CT molecular complexity index is 1200. The number of ether oxygens (including phenoxy) is 1. The number of hydrogen-bond donors (Lipinski definition) is 1. The lowest BCUT2D eigenvalue weighted by atomic mass is 10.2. The molecule has 0 unspecified atom stereocenters. The van der Waals surface area contributed by atoms with E-state index in [4.69, 9.17) is 4.74 Å². The minimum atomic E-state index is -4.01. The van der Waals surface area contributed by atoms with Crippen molar-refractivity contribution in [2.45, 2.75) is 11.4 Å². The van der Waals surface area contributed by atoms with Gasteiger partial charge in [-0.3, -0.25) is 4.79 Å². The summed E-state index contributed by atoms with van der Waals surface area (Å²) < 4.78 is 32.5. The molecule has 0 radical (unpaired) electrons. The number of hydrogen-bond acceptors (Lipinski definition) is 6. The molecule has 2 aromatic carbocycles. The molecule has 144 valence electrons. The second kappa shape index (κ2) is 8.31. The van der Waals surface area contributed by atoms with Crippen molar-refractivity contribution in [3.8, 4) is 6.07 Å². The van der Waals surface area contributed by atoms with Gasteiger partial charge in [0.1, 0.15) is 11.9 Å². The van der Waals surface area contributed by atoms with Crippen LogP contribution >= 0.6 is 0 Å². The third-order valence-electron chi connectivity index (χ3n) is 4.16. The zero-order valence-electron chi connectivity index (χ0n) is 15.1. The topological polar surface area (TPSA) is 116 Å². The van der Waals surface area contributed by atoms with Crippen LogP contribution in [0.2, 0.25) is 0 Å². The SMILES string of the molecule is COCCN(Cc1nc2ccccc2c(=O)[nH]1)S(=O)(=O)c1ccccc1C#N. The van der Waals surface area contributed by atoms with E-state index in [1.54, 1.807) is 36.4 Å². The molecule has 1 aromatic heterocycles. The van der Waals surface area contributed by atoms with Gasteiger partial charge in [-0.2, -0.15) is 9.57 Å². The molecular formula is C19H18N4O4S. The van der Waals surface area contributed by atoms with Crippen molar-refractivity contribution in [3.63, 3.8) is 0 Å². The number of rotatable bonds is 7. The van der Waals surface area contributed by atoms with Crippen molar-refractivity contribution in [1.29, 1.82) is 5.26 Å². The lowest BCUT2D eigenvalue weighted by Gasteiger charge is -2.22. The highest BCUT2D eigenvalue weighted by molar-refractivity contribution is 7.89. The van der Waals surface area contributed by atoms with Crippen LogP contribution in [0.25, 0.3) is 10.9 Å². The Labute approximate surface area is 162 Å². The molecule has 0 aliphatic carbocycles. The number of para-hydroxylation sites is 1. The molecule has 8 nitrogen and oxygen atoms in total. The maximum Gasteiger partial charge on any atom is 0.258 e. The van der Waals surface area contributed by atoms with Crippen molar-refractivity contribution in [2.75, 3.05) is 20.3 Å². The molecule has 0 atom stereocenters. The number of aromatic nitrogens is 2. The third-order valence-corrected chi connectivity index (χ3v) is 6.06. The molecule has 0 bridgehead atoms. The van der Waals surface area contributed by atoms with E-state index in [-0.39, 0.29) is 41.5 Å². The minimum absolute atomic E-state index is 0.0368. The summed E-state index contributed by atoms with van der Waals surface area (Å²) >= 11 is 0. The van der Waals surface area contributed by atoms with Crippen LogP contribution < -0.4 is 5.56 Å². The smallest absolute Gasteiger partial charge is 0.258 e. The van der Waals surface area contributed by atoms with Crippen LogP contribution in [0.15, 0.2) is 58.2 Å². The standard InChI is InChI=1S/C19H18N4O4S/c1-27-11-10-23(28(25,26)17-9-5-2-6-14(17)12-20)13-18-21-16-8-4-3-7-15(16)19(24)22-18/h2-9H,10-11,13H2,1H3,(H,21,22,24). The second-order valence-electron chi connectivity index (χ2n) is 5.97. The van der Waals surface area contributed by atoms with Crippen molar-refractivity contribution in [1.82, 2.24) is 14.3 Å². The van der Waals surface area contributed by atoms with E-state index in [1.165, 1.54) is 19.2 Å². The summed E-state index contributed by atoms with van der Waals surface area (Å²) in [6.45, 7) is 0.0203. The van der Waals surface area contributed by atoms with E-state index in [0.717, 1.165) is 4.31 Å². The Balaban J connectivity index is 2.04. The molecule has 0 saturated heterocycles. The fourth-order valence-corrected chi connectivity index (χ4v) is 4.30. The number of nitrogens with one attached hydrogen (secondary N) is 1. The number of methoxy groups -OCH3 is 1. The minimum Gasteiger partial charge on any atom is -0.383 e. The van der Waals surface area contributed by atoms with Gasteiger partial charge in [-0.15, -0.1) is 0 Å². The first-order valence-corrected chi connectivity index (χ1v) is 9.87. The van der Waals surface area contributed by atoms with Crippen molar-refractivity contribution >= 4 is 20.9 Å². The number of nitriles is 1. The Morgan fingerprint density at radius 3 is 2.64 bits per heavy atom. The summed E-state index contributed by atoms with van der Waals surface area (Å²) in [4.78, 5) is 19.2. The number of nitrogens with zero attached hydrogens (tertiary/aromatic N) is 3. The molecule has 0 amide bonds. The van der Waals surface area contributed by atoms with Gasteiger partial charge < -0.3 is 9.72 Å². The molecule has 0 spiro atoms. The van der Waals surface area contributed by atoms with Crippen LogP contribution in [-0.4, -0.2) is 43.0 Å². The first kappa shape index (κ1) is 19.7. The van der Waals surface area contributed by atoms with Gasteiger partial charge in [-0.05, 0) is 24.3 Å². The van der Waals surface area contributed by atoms with Crippen molar-refractivity contribution < 1.29 is 13.2 Å². The van der Waals surface area contributed by atoms with Crippen LogP contribution in [0.4, 0.5) is 0 Å². The summed E-state index contributed by atoms with van der Waals surface area (Å²) in [5.74, 6) is 0.206. The highest BCUT2D eigenvalue weighted by Crippen LogP contribution is 2.21. The molecular weight excluding hydrogens is 380 g/mol. The normalized spacial score (nSPS) is 11.6. The fourth-order valence-electron chi connectivity index (χ4n) is 2.78. The predicted molar refractivity (Wildman–Crippen MR) is 103 cm³/mol. The molecule has 0 saturated carbocycles. The maximum atomic E-state index is 13.2. The first-order valence-electron chi connectivity index (χ1n) is 8.43. The zero-order chi connectivity index (χ0) is 20.1. The molecule has 9 heteroatoms. The molecule has 3 rings (SSSR count). The van der Waals surface area contributed by atoms with E-state index >= 15 is 0 Å². The number of H-pyrrole nitrogens is 1. The number of fused-ring (bicyclic) bond motifs is 1. The number of sulfonamides is 1. The van der Waals surface area contributed by atoms with E-state index < -0.39 is 10.0 Å². The maximum absolute atomic E-state index is 13.2. The largest absolute Gasteiger partial charge is 0.383 e. The molecule has 0 aliphatic heterocycles. The Morgan fingerprint density at radius 1 is 1.18 bits per heavy atom. The molecule has 1 heterocycles. The Kier molecular flexibility index (Phi) is 5.84. The van der Waals surface area contributed by atoms with Crippen LogP contribution in [0.1, 0.15) is 11.4 Å². The van der Waals surface area contributed by atoms with Gasteiger partial charge in [0.15, 0.2) is 0 Å². The van der Waals surface area contributed by atoms with Gasteiger partial charge in [0.2, 0.25) is 10.0 Å². The van der Waals surface area contributed by atoms with Crippen LogP contribution in [0.5, 0.6) is 0 Å². The third kappa shape index (κ3) is 3.94. The Hall–Kier alpha value is -3.06. The number of aromatic amines is 1. The summed E-state index contributed by atoms with van der Waals surface area (Å²) in [6, 6.07) is 14.7. The summed E-state index contributed by atoms with van der Waals surface area (Å²) in [7, 11) is -2.55. The van der Waals surface area contributed by atoms with E-state index in [9.17, 15) is 18.5 Å². The van der Waals surface area contributed by atoms with Gasteiger partial charge in [-0.25, -0.2) is 13.4 Å². The van der Waals surface area contributed by atoms with Gasteiger partial charge in [0.05, 0.1) is 34.5 Å². The monoisotopic (exact) mass is 398 g/mol. The van der Waals surface area contributed by atoms with E-state index in [0.29, 0.717) is 10.9 Å². The Morgan fingerprint density at radius 2 is 1.89 bits per heavy atom. The van der Waals surface area contributed by atoms with Gasteiger partial charge in [-0.1, -0.05) is 24.3 Å². The van der Waals surface area contributed by atoms with Gasteiger partial charge in [0, 0.05) is 13.7 Å². The highest BCUT2D eigenvalue weighted by atomic mass is 32.2. The molecule has 0 fully saturated rings. The van der Waals surface area contributed by atoms with E-state index in [2.05, 4.69) is 9.97 Å². The molecule has 3 aromatic rings. The summed E-state index contributed by atoms with van der Waals surface area (Å²) in [5.41, 5.74) is 0.176. The van der Waals surface area contributed by atoms with Crippen LogP contribution in [-0.2, 0) is 21.3 Å². The summed E-state index contributed by atoms with van der Waals surface area (Å²) in [5, 5.41) is 9.69. The van der Waals surface area contributed by atoms with Crippen LogP contribution in [0.3, 0.4) is 0 Å². The van der Waals surface area contributed by atoms with Gasteiger partial charge in [0.25, 0.3) is 5.56 Å². The van der Waals surface area contributed by atoms with Crippen molar-refractivity contribution in [3.05, 3.63) is 70.3 Å². The molecule has 28 heavy (non-hydrogen) atoms. The lowest BCUT2D eigenvalue weighted by molar-refractivity contribution is 0.176. The zero-order valence-corrected chi connectivity index (χ0v) is 15.9. The fraction of sp³-hybridized carbons (Fsp3) is 0.211. The quantitative estimate of drug-likeness (QED) is 0.647. The average molecular weight is 398 g/mol. The summed E-state index contributed by atoms with van der Waals surface area (Å²) in [6.07, 6.45) is 0. The van der Waals surface area contributed by atoms with Crippen LogP contribution in [0, 0.1) is 11.3 Å². The number of benzene rings is 2. The van der Waals surface area contributed by atoms with E-state index in [1.807, 2.05) is 6.07 Å². The molecule has 0 aliphatic rings. The highest BCUT2D eigenvalue weighted by Gasteiger charge is 2.27. The lowest BCUT2D eigenvalue weighted by Crippen LogP contribution is -2.35. The van der Waals surface area contributed by atoms with Crippen molar-refractivity contribution in [2.24, 2.45) is 0 Å². The molecule has 1 N–H and O–H groups in total. The van der Waals surface area contributed by atoms with Gasteiger partial charge >= 0.3 is 0 Å². The first-order chi connectivity index (χ1) is 13.5.